The molecule has 2 N–H and O–H groups in total. The molecule has 7 nitrogen and oxygen atoms in total. The van der Waals surface area contributed by atoms with Crippen molar-refractivity contribution in [3.8, 4) is 11.5 Å². The van der Waals surface area contributed by atoms with E-state index < -0.39 is 11.5 Å². The number of halogens is 1. The molecule has 5 rings (SSSR count). The first-order valence-electron chi connectivity index (χ1n) is 9.98. The molecule has 2 saturated heterocycles. The third-order valence-electron chi connectivity index (χ3n) is 6.43. The number of nitrogens with zero attached hydrogens (tertiary/aromatic N) is 1. The van der Waals surface area contributed by atoms with Crippen LogP contribution in [0.3, 0.4) is 0 Å². The zero-order chi connectivity index (χ0) is 21.8. The van der Waals surface area contributed by atoms with Gasteiger partial charge in [-0.1, -0.05) is 29.8 Å². The van der Waals surface area contributed by atoms with Gasteiger partial charge in [0.2, 0.25) is 11.8 Å². The number of para-hydroxylation sites is 1. The topological polar surface area (TPSA) is 79.9 Å². The smallest absolute Gasteiger partial charge is 0.250 e. The standard InChI is InChI=1S/C22H22ClN3O4S/c1-29-18-9-19(30-2)17(8-15(18)23)24-20(27)14-7-12-10-31-11-26(12)22(14)13-5-3-4-6-16(13)25-21(22)28/h3-6,8-9,12,14H,7,10-11H2,1-2H3,(H,24,27)(H,25,28). The number of carbonyl (C=O) groups excluding carboxylic acids is 2. The van der Waals surface area contributed by atoms with Crippen LogP contribution in [0.2, 0.25) is 5.02 Å². The molecule has 3 aliphatic rings. The summed E-state index contributed by atoms with van der Waals surface area (Å²) in [5.41, 5.74) is 1.07. The zero-order valence-electron chi connectivity index (χ0n) is 17.1. The van der Waals surface area contributed by atoms with Crippen LogP contribution >= 0.6 is 23.4 Å². The quantitative estimate of drug-likeness (QED) is 0.728. The second-order valence-corrected chi connectivity index (χ2v) is 9.26. The molecule has 1 spiro atoms. The molecule has 3 atom stereocenters. The van der Waals surface area contributed by atoms with Gasteiger partial charge in [-0.3, -0.25) is 14.5 Å². The van der Waals surface area contributed by atoms with E-state index >= 15 is 0 Å². The Bertz CT molecular complexity index is 1080. The second-order valence-electron chi connectivity index (χ2n) is 7.85. The first-order chi connectivity index (χ1) is 15.0. The molecule has 31 heavy (non-hydrogen) atoms. The number of hydrogen-bond acceptors (Lipinski definition) is 6. The zero-order valence-corrected chi connectivity index (χ0v) is 18.7. The van der Waals surface area contributed by atoms with Crippen molar-refractivity contribution in [2.75, 3.05) is 36.5 Å². The lowest BCUT2D eigenvalue weighted by molar-refractivity contribution is -0.134. The van der Waals surface area contributed by atoms with Gasteiger partial charge in [-0.25, -0.2) is 0 Å². The minimum absolute atomic E-state index is 0.140. The van der Waals surface area contributed by atoms with Crippen LogP contribution in [0.5, 0.6) is 11.5 Å². The van der Waals surface area contributed by atoms with Crippen LogP contribution in [-0.4, -0.2) is 48.6 Å². The lowest BCUT2D eigenvalue weighted by Crippen LogP contribution is -2.53. The van der Waals surface area contributed by atoms with E-state index in [2.05, 4.69) is 15.5 Å². The number of nitrogens with one attached hydrogen (secondary N) is 2. The van der Waals surface area contributed by atoms with E-state index in [1.807, 2.05) is 24.3 Å². The second kappa shape index (κ2) is 7.62. The summed E-state index contributed by atoms with van der Waals surface area (Å²) in [5, 5.41) is 6.34. The molecule has 9 heteroatoms. The molecular weight excluding hydrogens is 438 g/mol. The van der Waals surface area contributed by atoms with Crippen molar-refractivity contribution in [1.82, 2.24) is 4.90 Å². The number of carbonyl (C=O) groups is 2. The van der Waals surface area contributed by atoms with Crippen molar-refractivity contribution in [2.45, 2.75) is 18.0 Å². The van der Waals surface area contributed by atoms with Crippen LogP contribution in [0, 0.1) is 5.92 Å². The number of methoxy groups -OCH3 is 2. The van der Waals surface area contributed by atoms with Gasteiger partial charge < -0.3 is 20.1 Å². The summed E-state index contributed by atoms with van der Waals surface area (Å²) < 4.78 is 10.7. The highest BCUT2D eigenvalue weighted by molar-refractivity contribution is 7.99. The molecule has 3 heterocycles. The summed E-state index contributed by atoms with van der Waals surface area (Å²) in [7, 11) is 3.03. The van der Waals surface area contributed by atoms with E-state index in [0.29, 0.717) is 34.5 Å². The summed E-state index contributed by atoms with van der Waals surface area (Å²) in [5.74, 6) is 1.59. The number of rotatable bonds is 4. The Hall–Kier alpha value is -2.42. The summed E-state index contributed by atoms with van der Waals surface area (Å²) in [4.78, 5) is 29.3. The van der Waals surface area contributed by atoms with E-state index in [-0.39, 0.29) is 17.9 Å². The maximum atomic E-state index is 13.6. The molecule has 3 unspecified atom stereocenters. The molecule has 2 aromatic rings. The van der Waals surface area contributed by atoms with Gasteiger partial charge in [0.1, 0.15) is 17.0 Å². The van der Waals surface area contributed by atoms with E-state index in [9.17, 15) is 9.59 Å². The van der Waals surface area contributed by atoms with Crippen LogP contribution in [0.4, 0.5) is 11.4 Å². The Kier molecular flexibility index (Phi) is 5.03. The minimum atomic E-state index is -1.02. The van der Waals surface area contributed by atoms with Crippen LogP contribution in [0.25, 0.3) is 0 Å². The van der Waals surface area contributed by atoms with Crippen LogP contribution in [0.15, 0.2) is 36.4 Å². The van der Waals surface area contributed by atoms with Gasteiger partial charge in [0.05, 0.1) is 30.8 Å². The molecule has 2 fully saturated rings. The molecule has 2 aromatic carbocycles. The predicted octanol–water partition coefficient (Wildman–Crippen LogP) is 3.54. The molecular formula is C22H22ClN3O4S. The summed E-state index contributed by atoms with van der Waals surface area (Å²) in [6, 6.07) is 11.1. The Labute approximate surface area is 189 Å². The molecule has 0 aromatic heterocycles. The first-order valence-corrected chi connectivity index (χ1v) is 11.5. The van der Waals surface area contributed by atoms with E-state index in [4.69, 9.17) is 21.1 Å². The molecule has 162 valence electrons. The highest BCUT2D eigenvalue weighted by Crippen LogP contribution is 2.55. The van der Waals surface area contributed by atoms with Gasteiger partial charge in [-0.2, -0.15) is 0 Å². The molecule has 0 bridgehead atoms. The molecule has 0 saturated carbocycles. The third-order valence-corrected chi connectivity index (χ3v) is 7.80. The monoisotopic (exact) mass is 459 g/mol. The Morgan fingerprint density at radius 3 is 2.81 bits per heavy atom. The lowest BCUT2D eigenvalue weighted by Gasteiger charge is -2.36. The van der Waals surface area contributed by atoms with E-state index in [0.717, 1.165) is 17.0 Å². The van der Waals surface area contributed by atoms with Crippen LogP contribution in [0.1, 0.15) is 12.0 Å². The van der Waals surface area contributed by atoms with Crippen molar-refractivity contribution in [3.05, 3.63) is 47.0 Å². The van der Waals surface area contributed by atoms with Crippen molar-refractivity contribution >= 4 is 46.6 Å². The highest BCUT2D eigenvalue weighted by Gasteiger charge is 2.65. The van der Waals surface area contributed by atoms with Crippen molar-refractivity contribution < 1.29 is 19.1 Å². The highest BCUT2D eigenvalue weighted by atomic mass is 35.5. The average molecular weight is 460 g/mol. The fourth-order valence-electron chi connectivity index (χ4n) is 5.08. The molecule has 3 aliphatic heterocycles. The maximum absolute atomic E-state index is 13.6. The first kappa shape index (κ1) is 20.5. The fourth-order valence-corrected chi connectivity index (χ4v) is 6.63. The molecule has 0 aliphatic carbocycles. The van der Waals surface area contributed by atoms with Crippen LogP contribution in [-0.2, 0) is 15.1 Å². The number of ether oxygens (including phenoxy) is 2. The normalized spacial score (nSPS) is 26.5. The maximum Gasteiger partial charge on any atom is 0.250 e. The number of thioether (sulfide) groups is 1. The number of anilines is 2. The van der Waals surface area contributed by atoms with Gasteiger partial charge in [-0.15, -0.1) is 11.8 Å². The Morgan fingerprint density at radius 2 is 2.03 bits per heavy atom. The molecule has 2 amide bonds. The fraction of sp³-hybridized carbons (Fsp3) is 0.364. The van der Waals surface area contributed by atoms with E-state index in [1.54, 1.807) is 23.9 Å². The summed E-state index contributed by atoms with van der Waals surface area (Å²) in [6.45, 7) is 0. The van der Waals surface area contributed by atoms with Gasteiger partial charge in [0.15, 0.2) is 0 Å². The van der Waals surface area contributed by atoms with Crippen LogP contribution < -0.4 is 20.1 Å². The number of hydrogen-bond donors (Lipinski definition) is 2. The van der Waals surface area contributed by atoms with Crippen molar-refractivity contribution in [3.63, 3.8) is 0 Å². The number of benzene rings is 2. The van der Waals surface area contributed by atoms with Gasteiger partial charge >= 0.3 is 0 Å². The minimum Gasteiger partial charge on any atom is -0.495 e. The predicted molar refractivity (Wildman–Crippen MR) is 121 cm³/mol. The van der Waals surface area contributed by atoms with Gasteiger partial charge in [0, 0.05) is 35.0 Å². The third kappa shape index (κ3) is 2.92. The summed E-state index contributed by atoms with van der Waals surface area (Å²) in [6.07, 6.45) is 0.604. The molecule has 0 radical (unpaired) electrons. The van der Waals surface area contributed by atoms with Gasteiger partial charge in [-0.05, 0) is 18.6 Å². The van der Waals surface area contributed by atoms with Crippen molar-refractivity contribution in [2.24, 2.45) is 5.92 Å². The SMILES string of the molecule is COc1cc(OC)c(NC(=O)C2CC3CSCN3C23C(=O)Nc2ccccc23)cc1Cl. The Balaban J connectivity index is 1.55. The number of amides is 2. The summed E-state index contributed by atoms with van der Waals surface area (Å²) >= 11 is 8.08. The lowest BCUT2D eigenvalue weighted by atomic mass is 9.79. The average Bonchev–Trinajstić information content (AvgIpc) is 3.42. The largest absolute Gasteiger partial charge is 0.495 e. The van der Waals surface area contributed by atoms with Crippen molar-refractivity contribution in [1.29, 1.82) is 0 Å². The van der Waals surface area contributed by atoms with E-state index in [1.165, 1.54) is 14.2 Å². The number of fused-ring (bicyclic) bond motifs is 4. The Morgan fingerprint density at radius 1 is 1.26 bits per heavy atom. The van der Waals surface area contributed by atoms with Gasteiger partial charge in [0.25, 0.3) is 0 Å².